The van der Waals surface area contributed by atoms with E-state index in [-0.39, 0.29) is 12.7 Å². The number of fused-ring (bicyclic) bond motifs is 2. The third-order valence-corrected chi connectivity index (χ3v) is 5.74. The Hall–Kier alpha value is -3.65. The van der Waals surface area contributed by atoms with E-state index in [1.807, 2.05) is 80.5 Å². The number of benzene rings is 2. The molecule has 0 aliphatic carbocycles. The Bertz CT molecular complexity index is 1300. The number of anilines is 1. The molecule has 1 saturated heterocycles. The van der Waals surface area contributed by atoms with Crippen molar-refractivity contribution in [2.75, 3.05) is 25.6 Å². The molecule has 1 unspecified atom stereocenters. The van der Waals surface area contributed by atoms with Gasteiger partial charge in [-0.15, -0.1) is 0 Å². The minimum absolute atomic E-state index is 0.188. The molecule has 3 heterocycles. The highest BCUT2D eigenvalue weighted by molar-refractivity contribution is 5.92. The molecule has 0 saturated carbocycles. The predicted octanol–water partition coefficient (Wildman–Crippen LogP) is 8.47. The molecule has 222 valence electrons. The van der Waals surface area contributed by atoms with Gasteiger partial charge in [0, 0.05) is 6.61 Å². The summed E-state index contributed by atoms with van der Waals surface area (Å²) in [5.74, 6) is 0.299. The maximum atomic E-state index is 10.5. The lowest BCUT2D eigenvalue weighted by Crippen LogP contribution is -2.16. The SMILES string of the molecule is CC.CC.CC.Cc1cc(C)c2occc2c1OCC(=O)O.Cc1cc(N)c(OCC2CCCO2)c2ccoc12. The van der Waals surface area contributed by atoms with Gasteiger partial charge in [-0.05, 0) is 74.6 Å². The maximum absolute atomic E-state index is 10.5. The number of aliphatic carboxylic acids is 1. The lowest BCUT2D eigenvalue weighted by molar-refractivity contribution is -0.139. The Labute approximate surface area is 238 Å². The monoisotopic (exact) mass is 557 g/mol. The van der Waals surface area contributed by atoms with E-state index in [9.17, 15) is 4.79 Å². The first-order valence-corrected chi connectivity index (χ1v) is 14.2. The highest BCUT2D eigenvalue weighted by atomic mass is 16.5. The lowest BCUT2D eigenvalue weighted by atomic mass is 10.1. The minimum Gasteiger partial charge on any atom is -0.488 e. The second-order valence-electron chi connectivity index (χ2n) is 8.41. The van der Waals surface area contributed by atoms with Gasteiger partial charge in [-0.3, -0.25) is 0 Å². The number of ether oxygens (including phenoxy) is 3. The van der Waals surface area contributed by atoms with E-state index >= 15 is 0 Å². The number of carboxylic acid groups (broad SMARTS) is 1. The van der Waals surface area contributed by atoms with Gasteiger partial charge in [0.1, 0.15) is 23.5 Å². The van der Waals surface area contributed by atoms with Gasteiger partial charge in [0.15, 0.2) is 12.4 Å². The van der Waals surface area contributed by atoms with E-state index in [1.165, 1.54) is 0 Å². The lowest BCUT2D eigenvalue weighted by Gasteiger charge is -2.14. The Balaban J connectivity index is 0.000000339. The summed E-state index contributed by atoms with van der Waals surface area (Å²) in [6, 6.07) is 7.48. The van der Waals surface area contributed by atoms with Gasteiger partial charge in [0.25, 0.3) is 0 Å². The molecule has 1 atom stereocenters. The van der Waals surface area contributed by atoms with Crippen LogP contribution in [0.1, 0.15) is 71.1 Å². The summed E-state index contributed by atoms with van der Waals surface area (Å²) < 4.78 is 27.4. The first kappa shape index (κ1) is 34.4. The van der Waals surface area contributed by atoms with Crippen molar-refractivity contribution in [3.8, 4) is 11.5 Å². The van der Waals surface area contributed by atoms with Crippen molar-refractivity contribution < 1.29 is 32.9 Å². The zero-order valence-corrected chi connectivity index (χ0v) is 25.6. The van der Waals surface area contributed by atoms with Gasteiger partial charge < -0.3 is 33.9 Å². The van der Waals surface area contributed by atoms with Gasteiger partial charge in [0.05, 0.1) is 35.1 Å². The Morgan fingerprint density at radius 1 is 0.875 bits per heavy atom. The van der Waals surface area contributed by atoms with Crippen LogP contribution in [0.4, 0.5) is 5.69 Å². The molecule has 2 aromatic carbocycles. The molecule has 8 nitrogen and oxygen atoms in total. The molecule has 40 heavy (non-hydrogen) atoms. The molecular formula is C32H47NO7. The fraction of sp³-hybridized carbons (Fsp3) is 0.469. The summed E-state index contributed by atoms with van der Waals surface area (Å²) in [7, 11) is 0. The largest absolute Gasteiger partial charge is 0.488 e. The number of carbonyl (C=O) groups is 1. The van der Waals surface area contributed by atoms with Gasteiger partial charge in [0.2, 0.25) is 0 Å². The minimum atomic E-state index is -0.989. The number of furan rings is 2. The third-order valence-electron chi connectivity index (χ3n) is 5.74. The molecule has 3 N–H and O–H groups in total. The molecule has 0 radical (unpaired) electrons. The molecule has 0 bridgehead atoms. The molecule has 0 spiro atoms. The van der Waals surface area contributed by atoms with Gasteiger partial charge in [-0.25, -0.2) is 4.79 Å². The number of hydrogen-bond acceptors (Lipinski definition) is 7. The average Bonchev–Trinajstić information content (AvgIpc) is 3.75. The molecule has 1 aliphatic heterocycles. The number of nitrogens with two attached hydrogens (primary N) is 1. The molecule has 1 aliphatic rings. The van der Waals surface area contributed by atoms with Crippen molar-refractivity contribution in [3.05, 3.63) is 53.5 Å². The van der Waals surface area contributed by atoms with Gasteiger partial charge in [-0.2, -0.15) is 0 Å². The van der Waals surface area contributed by atoms with Crippen molar-refractivity contribution in [2.45, 2.75) is 81.3 Å². The first-order chi connectivity index (χ1) is 19.3. The Morgan fingerprint density at radius 3 is 1.95 bits per heavy atom. The summed E-state index contributed by atoms with van der Waals surface area (Å²) in [6.45, 7) is 18.8. The van der Waals surface area contributed by atoms with Crippen LogP contribution < -0.4 is 15.2 Å². The first-order valence-electron chi connectivity index (χ1n) is 14.2. The van der Waals surface area contributed by atoms with E-state index in [2.05, 4.69) is 0 Å². The smallest absolute Gasteiger partial charge is 0.341 e. The number of nitrogen functional groups attached to an aromatic ring is 1. The van der Waals surface area contributed by atoms with E-state index in [0.717, 1.165) is 58.1 Å². The molecule has 0 amide bonds. The van der Waals surface area contributed by atoms with Crippen molar-refractivity contribution in [3.63, 3.8) is 0 Å². The quantitative estimate of drug-likeness (QED) is 0.227. The Kier molecular flexibility index (Phi) is 15.3. The van der Waals surface area contributed by atoms with E-state index < -0.39 is 5.97 Å². The molecule has 2 aromatic heterocycles. The number of aryl methyl sites for hydroxylation is 3. The number of rotatable bonds is 6. The van der Waals surface area contributed by atoms with Crippen LogP contribution in [-0.2, 0) is 9.53 Å². The van der Waals surface area contributed by atoms with Crippen LogP contribution in [0.3, 0.4) is 0 Å². The zero-order valence-electron chi connectivity index (χ0n) is 25.6. The molecule has 5 rings (SSSR count). The van der Waals surface area contributed by atoms with Crippen LogP contribution in [0.15, 0.2) is 45.6 Å². The second-order valence-corrected chi connectivity index (χ2v) is 8.41. The van der Waals surface area contributed by atoms with Crippen molar-refractivity contribution in [1.29, 1.82) is 0 Å². The fourth-order valence-corrected chi connectivity index (χ4v) is 4.21. The maximum Gasteiger partial charge on any atom is 0.341 e. The Morgan fingerprint density at radius 2 is 1.43 bits per heavy atom. The van der Waals surface area contributed by atoms with E-state index in [4.69, 9.17) is 33.9 Å². The highest BCUT2D eigenvalue weighted by Crippen LogP contribution is 2.35. The second kappa shape index (κ2) is 17.8. The molecule has 8 heteroatoms. The molecule has 1 fully saturated rings. The number of carboxylic acids is 1. The summed E-state index contributed by atoms with van der Waals surface area (Å²) >= 11 is 0. The standard InChI is InChI=1S/C14H17NO3.C12H12O4.3C2H6/c1-9-7-12(15)14(11-4-6-17-13(9)11)18-8-10-3-2-5-16-10;1-7-5-8(2)12(16-6-10(13)14)9-3-4-15-11(7)9;3*1-2/h4,6-7,10H,2-3,5,8,15H2,1H3;3-5H,6H2,1-2H3,(H,13,14);3*1-2H3. The fourth-order valence-electron chi connectivity index (χ4n) is 4.21. The van der Waals surface area contributed by atoms with Crippen LogP contribution in [0.5, 0.6) is 11.5 Å². The molecular weight excluding hydrogens is 510 g/mol. The van der Waals surface area contributed by atoms with Gasteiger partial charge >= 0.3 is 5.97 Å². The normalized spacial score (nSPS) is 13.5. The predicted molar refractivity (Wildman–Crippen MR) is 163 cm³/mol. The van der Waals surface area contributed by atoms with E-state index in [1.54, 1.807) is 18.6 Å². The summed E-state index contributed by atoms with van der Waals surface area (Å²) in [5.41, 5.74) is 11.2. The van der Waals surface area contributed by atoms with Crippen molar-refractivity contribution in [2.24, 2.45) is 0 Å². The third kappa shape index (κ3) is 8.95. The molecule has 4 aromatic rings. The van der Waals surface area contributed by atoms with Gasteiger partial charge in [-0.1, -0.05) is 41.5 Å². The van der Waals surface area contributed by atoms with Crippen LogP contribution >= 0.6 is 0 Å². The topological polar surface area (TPSA) is 117 Å². The van der Waals surface area contributed by atoms with E-state index in [0.29, 0.717) is 23.8 Å². The summed E-state index contributed by atoms with van der Waals surface area (Å²) in [6.07, 6.45) is 5.59. The average molecular weight is 558 g/mol. The van der Waals surface area contributed by atoms with Crippen molar-refractivity contribution in [1.82, 2.24) is 0 Å². The summed E-state index contributed by atoms with van der Waals surface area (Å²) in [4.78, 5) is 10.5. The highest BCUT2D eigenvalue weighted by Gasteiger charge is 2.18. The van der Waals surface area contributed by atoms with Crippen LogP contribution in [0, 0.1) is 20.8 Å². The van der Waals surface area contributed by atoms with Crippen LogP contribution in [0.25, 0.3) is 21.9 Å². The number of hydrogen-bond donors (Lipinski definition) is 2. The summed E-state index contributed by atoms with van der Waals surface area (Å²) in [5, 5.41) is 10.3. The van der Waals surface area contributed by atoms with Crippen LogP contribution in [-0.4, -0.2) is 37.0 Å². The van der Waals surface area contributed by atoms with Crippen molar-refractivity contribution >= 4 is 33.6 Å². The van der Waals surface area contributed by atoms with Crippen LogP contribution in [0.2, 0.25) is 0 Å². The zero-order chi connectivity index (χ0) is 30.2.